The number of fused-ring (bicyclic) bond motifs is 2. The highest BCUT2D eigenvalue weighted by Gasteiger charge is 2.23. The molecule has 1 atom stereocenters. The van der Waals surface area contributed by atoms with E-state index in [1.165, 1.54) is 0 Å². The van der Waals surface area contributed by atoms with E-state index in [0.29, 0.717) is 0 Å². The second-order valence-corrected chi connectivity index (χ2v) is 4.53. The highest BCUT2D eigenvalue weighted by molar-refractivity contribution is 5.97. The third-order valence-corrected chi connectivity index (χ3v) is 3.46. The number of benzene rings is 1. The van der Waals surface area contributed by atoms with Crippen molar-refractivity contribution < 1.29 is 13.6 Å². The van der Waals surface area contributed by atoms with Gasteiger partial charge in [-0.15, -0.1) is 0 Å². The fourth-order valence-corrected chi connectivity index (χ4v) is 2.64. The molecule has 0 aliphatic carbocycles. The fourth-order valence-electron chi connectivity index (χ4n) is 2.64. The Morgan fingerprint density at radius 2 is 2.11 bits per heavy atom. The average Bonchev–Trinajstić information content (AvgIpc) is 3.04. The zero-order valence-electron chi connectivity index (χ0n) is 9.81. The maximum Gasteiger partial charge on any atom is 0.140 e. The van der Waals surface area contributed by atoms with Crippen LogP contribution < -0.4 is 5.32 Å². The Kier molecular flexibility index (Phi) is 2.18. The molecule has 92 valence electrons. The van der Waals surface area contributed by atoms with Crippen LogP contribution in [-0.4, -0.2) is 19.7 Å². The minimum absolute atomic E-state index is 0.0219. The number of furan rings is 2. The molecule has 1 aliphatic heterocycles. The molecule has 1 aliphatic rings. The molecule has 0 radical (unpaired) electrons. The molecule has 4 heteroatoms. The highest BCUT2D eigenvalue weighted by atomic mass is 16.5. The van der Waals surface area contributed by atoms with E-state index in [1.54, 1.807) is 12.5 Å². The Morgan fingerprint density at radius 1 is 1.17 bits per heavy atom. The zero-order valence-corrected chi connectivity index (χ0v) is 9.81. The van der Waals surface area contributed by atoms with Crippen LogP contribution >= 0.6 is 0 Å². The van der Waals surface area contributed by atoms with E-state index in [4.69, 9.17) is 13.6 Å². The van der Waals surface area contributed by atoms with Crippen LogP contribution in [0.1, 0.15) is 11.7 Å². The summed E-state index contributed by atoms with van der Waals surface area (Å²) in [5.74, 6) is 0. The van der Waals surface area contributed by atoms with Gasteiger partial charge in [0.1, 0.15) is 11.2 Å². The number of nitrogens with one attached hydrogen (secondary N) is 1. The smallest absolute Gasteiger partial charge is 0.140 e. The lowest BCUT2D eigenvalue weighted by Crippen LogP contribution is -2.33. The lowest BCUT2D eigenvalue weighted by atomic mass is 10.0. The van der Waals surface area contributed by atoms with Crippen LogP contribution in [0.5, 0.6) is 0 Å². The second kappa shape index (κ2) is 3.86. The Hall–Kier alpha value is -1.78. The van der Waals surface area contributed by atoms with Gasteiger partial charge in [-0.2, -0.15) is 0 Å². The van der Waals surface area contributed by atoms with Crippen molar-refractivity contribution in [3.05, 3.63) is 36.3 Å². The molecule has 1 unspecified atom stereocenters. The summed E-state index contributed by atoms with van der Waals surface area (Å²) >= 11 is 0. The predicted octanol–water partition coefficient (Wildman–Crippen LogP) is 2.84. The van der Waals surface area contributed by atoms with Gasteiger partial charge in [-0.1, -0.05) is 0 Å². The summed E-state index contributed by atoms with van der Waals surface area (Å²) in [6, 6.07) is 5.94. The van der Waals surface area contributed by atoms with E-state index < -0.39 is 0 Å². The van der Waals surface area contributed by atoms with Gasteiger partial charge in [0, 0.05) is 29.4 Å². The second-order valence-electron chi connectivity index (χ2n) is 4.53. The van der Waals surface area contributed by atoms with Crippen LogP contribution in [0.3, 0.4) is 0 Å². The highest BCUT2D eigenvalue weighted by Crippen LogP contribution is 2.35. The van der Waals surface area contributed by atoms with Gasteiger partial charge in [0.15, 0.2) is 0 Å². The Bertz CT molecular complexity index is 643. The van der Waals surface area contributed by atoms with Crippen LogP contribution in [0.2, 0.25) is 0 Å². The molecule has 0 amide bonds. The zero-order chi connectivity index (χ0) is 11.9. The average molecular weight is 243 g/mol. The van der Waals surface area contributed by atoms with Gasteiger partial charge in [-0.25, -0.2) is 0 Å². The van der Waals surface area contributed by atoms with E-state index in [9.17, 15) is 0 Å². The Morgan fingerprint density at radius 3 is 3.00 bits per heavy atom. The van der Waals surface area contributed by atoms with Crippen molar-refractivity contribution in [1.29, 1.82) is 0 Å². The number of morpholine rings is 1. The van der Waals surface area contributed by atoms with Gasteiger partial charge in [0.25, 0.3) is 0 Å². The molecular weight excluding hydrogens is 230 g/mol. The van der Waals surface area contributed by atoms with Gasteiger partial charge in [0.2, 0.25) is 0 Å². The maximum absolute atomic E-state index is 5.85. The van der Waals surface area contributed by atoms with Crippen molar-refractivity contribution in [3.63, 3.8) is 0 Å². The summed E-state index contributed by atoms with van der Waals surface area (Å²) in [5, 5.41) is 5.48. The molecule has 0 saturated carbocycles. The first-order chi connectivity index (χ1) is 8.93. The minimum Gasteiger partial charge on any atom is -0.464 e. The topological polar surface area (TPSA) is 47.5 Å². The molecule has 3 heterocycles. The molecule has 1 fully saturated rings. The molecule has 4 rings (SSSR count). The predicted molar refractivity (Wildman–Crippen MR) is 67.5 cm³/mol. The number of rotatable bonds is 1. The number of ether oxygens (including phenoxy) is 1. The van der Waals surface area contributed by atoms with Crippen LogP contribution in [0.25, 0.3) is 21.9 Å². The van der Waals surface area contributed by atoms with Gasteiger partial charge < -0.3 is 18.9 Å². The largest absolute Gasteiger partial charge is 0.464 e. The van der Waals surface area contributed by atoms with Crippen molar-refractivity contribution in [2.45, 2.75) is 6.10 Å². The molecule has 18 heavy (non-hydrogen) atoms. The standard InChI is InChI=1S/C14H13NO3/c1-4-18-14-9(1)7-11-10(2-5-16-11)13(14)12-8-15-3-6-17-12/h1-2,4-5,7,12,15H,3,6,8H2. The van der Waals surface area contributed by atoms with Gasteiger partial charge in [0.05, 0.1) is 25.2 Å². The summed E-state index contributed by atoms with van der Waals surface area (Å²) in [4.78, 5) is 0. The van der Waals surface area contributed by atoms with E-state index in [0.717, 1.165) is 47.2 Å². The van der Waals surface area contributed by atoms with Crippen molar-refractivity contribution >= 4 is 21.9 Å². The minimum atomic E-state index is 0.0219. The first-order valence-corrected chi connectivity index (χ1v) is 6.13. The maximum atomic E-state index is 5.85. The van der Waals surface area contributed by atoms with Crippen LogP contribution in [-0.2, 0) is 4.74 Å². The lowest BCUT2D eigenvalue weighted by molar-refractivity contribution is 0.0289. The summed E-state index contributed by atoms with van der Waals surface area (Å²) in [5.41, 5.74) is 2.87. The Balaban J connectivity index is 2.02. The summed E-state index contributed by atoms with van der Waals surface area (Å²) in [6.45, 7) is 2.43. The van der Waals surface area contributed by atoms with E-state index in [2.05, 4.69) is 5.32 Å². The molecule has 0 spiro atoms. The monoisotopic (exact) mass is 243 g/mol. The van der Waals surface area contributed by atoms with Crippen molar-refractivity contribution in [2.24, 2.45) is 0 Å². The number of hydrogen-bond donors (Lipinski definition) is 1. The third kappa shape index (κ3) is 1.39. The number of hydrogen-bond acceptors (Lipinski definition) is 4. The first-order valence-electron chi connectivity index (χ1n) is 6.13. The normalized spacial score (nSPS) is 20.8. The lowest BCUT2D eigenvalue weighted by Gasteiger charge is -2.24. The molecule has 3 aromatic rings. The van der Waals surface area contributed by atoms with Crippen LogP contribution in [0, 0.1) is 0 Å². The quantitative estimate of drug-likeness (QED) is 0.714. The van der Waals surface area contributed by atoms with Crippen molar-refractivity contribution in [1.82, 2.24) is 5.32 Å². The molecule has 0 bridgehead atoms. The third-order valence-electron chi connectivity index (χ3n) is 3.46. The molecule has 1 saturated heterocycles. The molecule has 2 aromatic heterocycles. The van der Waals surface area contributed by atoms with Gasteiger partial charge >= 0.3 is 0 Å². The van der Waals surface area contributed by atoms with E-state index in [-0.39, 0.29) is 6.10 Å². The van der Waals surface area contributed by atoms with Gasteiger partial charge in [-0.05, 0) is 18.2 Å². The van der Waals surface area contributed by atoms with Crippen molar-refractivity contribution in [2.75, 3.05) is 19.7 Å². The molecular formula is C14H13NO3. The SMILES string of the molecule is c1cc2c(C3CNCCO3)c3occc3cc2o1. The van der Waals surface area contributed by atoms with E-state index >= 15 is 0 Å². The molecule has 1 N–H and O–H groups in total. The molecule has 4 nitrogen and oxygen atoms in total. The van der Waals surface area contributed by atoms with Crippen LogP contribution in [0.15, 0.2) is 39.6 Å². The Labute approximate surface area is 104 Å². The summed E-state index contributed by atoms with van der Waals surface area (Å²) in [6.07, 6.45) is 3.45. The molecule has 1 aromatic carbocycles. The van der Waals surface area contributed by atoms with Gasteiger partial charge in [-0.3, -0.25) is 0 Å². The van der Waals surface area contributed by atoms with E-state index in [1.807, 2.05) is 18.2 Å². The van der Waals surface area contributed by atoms with Crippen LogP contribution in [0.4, 0.5) is 0 Å². The summed E-state index contributed by atoms with van der Waals surface area (Å²) in [7, 11) is 0. The fraction of sp³-hybridized carbons (Fsp3) is 0.286. The van der Waals surface area contributed by atoms with Crippen molar-refractivity contribution in [3.8, 4) is 0 Å². The first kappa shape index (κ1) is 10.2. The summed E-state index contributed by atoms with van der Waals surface area (Å²) < 4.78 is 17.0.